The fourth-order valence-electron chi connectivity index (χ4n) is 1.49. The van der Waals surface area contributed by atoms with Crippen molar-refractivity contribution in [1.29, 1.82) is 0 Å². The first kappa shape index (κ1) is 14.5. The summed E-state index contributed by atoms with van der Waals surface area (Å²) in [6.07, 6.45) is 0.407. The van der Waals surface area contributed by atoms with Crippen molar-refractivity contribution in [1.82, 2.24) is 10.2 Å². The van der Waals surface area contributed by atoms with Crippen LogP contribution in [0.5, 0.6) is 5.75 Å². The van der Waals surface area contributed by atoms with E-state index in [1.165, 1.54) is 5.56 Å². The Morgan fingerprint density at radius 1 is 1.39 bits per heavy atom. The molecule has 1 amide bonds. The normalized spacial score (nSPS) is 10.2. The van der Waals surface area contributed by atoms with E-state index in [1.54, 1.807) is 19.0 Å². The number of ether oxygens (including phenoxy) is 1. The summed E-state index contributed by atoms with van der Waals surface area (Å²) in [5.74, 6) is 0.899. The van der Waals surface area contributed by atoms with Crippen LogP contribution in [-0.2, 0) is 11.3 Å². The maximum Gasteiger partial charge on any atom is 0.225 e. The van der Waals surface area contributed by atoms with Gasteiger partial charge in [-0.3, -0.25) is 4.79 Å². The Bertz CT molecular complexity index is 378. The molecule has 0 spiro atoms. The maximum atomic E-state index is 11.4. The quantitative estimate of drug-likeness (QED) is 0.800. The van der Waals surface area contributed by atoms with Gasteiger partial charge in [0.1, 0.15) is 5.75 Å². The average molecular weight is 250 g/mol. The molecule has 0 fully saturated rings. The van der Waals surface area contributed by atoms with Gasteiger partial charge in [0.2, 0.25) is 5.91 Å². The van der Waals surface area contributed by atoms with E-state index in [2.05, 4.69) is 18.3 Å². The summed E-state index contributed by atoms with van der Waals surface area (Å²) in [4.78, 5) is 13.0. The molecule has 4 nitrogen and oxygen atoms in total. The zero-order valence-electron chi connectivity index (χ0n) is 11.4. The predicted octanol–water partition coefficient (Wildman–Crippen LogP) is 1.65. The molecule has 0 atom stereocenters. The smallest absolute Gasteiger partial charge is 0.225 e. The molecule has 1 aromatic carbocycles. The lowest BCUT2D eigenvalue weighted by atomic mass is 10.2. The first-order chi connectivity index (χ1) is 8.63. The van der Waals surface area contributed by atoms with Crippen molar-refractivity contribution in [2.24, 2.45) is 0 Å². The summed E-state index contributed by atoms with van der Waals surface area (Å²) in [5.41, 5.74) is 1.19. The second-order valence-electron chi connectivity index (χ2n) is 4.31. The number of amides is 1. The van der Waals surface area contributed by atoms with Crippen LogP contribution in [-0.4, -0.2) is 38.1 Å². The number of rotatable bonds is 7. The van der Waals surface area contributed by atoms with E-state index in [4.69, 9.17) is 4.74 Å². The van der Waals surface area contributed by atoms with Crippen LogP contribution in [0.1, 0.15) is 18.9 Å². The van der Waals surface area contributed by atoms with Crippen LogP contribution < -0.4 is 10.1 Å². The van der Waals surface area contributed by atoms with Crippen molar-refractivity contribution >= 4 is 5.91 Å². The maximum absolute atomic E-state index is 11.4. The van der Waals surface area contributed by atoms with Crippen LogP contribution >= 0.6 is 0 Å². The Morgan fingerprint density at radius 2 is 2.17 bits per heavy atom. The molecular formula is C14H22N2O2. The van der Waals surface area contributed by atoms with Crippen molar-refractivity contribution in [2.45, 2.75) is 19.9 Å². The van der Waals surface area contributed by atoms with Gasteiger partial charge in [0.25, 0.3) is 0 Å². The predicted molar refractivity (Wildman–Crippen MR) is 72.6 cm³/mol. The Hall–Kier alpha value is -1.55. The minimum atomic E-state index is 0.0822. The van der Waals surface area contributed by atoms with E-state index < -0.39 is 0 Å². The number of hydrogen-bond donors (Lipinski definition) is 1. The zero-order chi connectivity index (χ0) is 13.4. The zero-order valence-corrected chi connectivity index (χ0v) is 11.4. The van der Waals surface area contributed by atoms with Crippen molar-refractivity contribution in [3.8, 4) is 5.75 Å². The number of carbonyl (C=O) groups is 1. The molecule has 0 radical (unpaired) electrons. The van der Waals surface area contributed by atoms with Gasteiger partial charge in [-0.25, -0.2) is 0 Å². The monoisotopic (exact) mass is 250 g/mol. The van der Waals surface area contributed by atoms with E-state index >= 15 is 0 Å². The third-order valence-corrected chi connectivity index (χ3v) is 2.56. The van der Waals surface area contributed by atoms with Crippen molar-refractivity contribution in [2.75, 3.05) is 27.2 Å². The molecule has 1 N–H and O–H groups in total. The van der Waals surface area contributed by atoms with E-state index in [-0.39, 0.29) is 5.91 Å². The molecule has 4 heteroatoms. The Balaban J connectivity index is 2.40. The highest BCUT2D eigenvalue weighted by Crippen LogP contribution is 2.13. The van der Waals surface area contributed by atoms with Gasteiger partial charge in [-0.05, 0) is 24.2 Å². The summed E-state index contributed by atoms with van der Waals surface area (Å²) in [6.45, 7) is 4.28. The molecule has 0 aliphatic rings. The molecule has 0 aromatic heterocycles. The number of carbonyl (C=O) groups excluding carboxylic acids is 1. The van der Waals surface area contributed by atoms with Crippen molar-refractivity contribution < 1.29 is 9.53 Å². The largest absolute Gasteiger partial charge is 0.493 e. The third-order valence-electron chi connectivity index (χ3n) is 2.56. The van der Waals surface area contributed by atoms with Gasteiger partial charge < -0.3 is 15.0 Å². The molecule has 0 bridgehead atoms. The van der Waals surface area contributed by atoms with Crippen LogP contribution in [0, 0.1) is 0 Å². The molecule has 0 saturated heterocycles. The summed E-state index contributed by atoms with van der Waals surface area (Å²) in [7, 11) is 3.50. The van der Waals surface area contributed by atoms with E-state index in [0.29, 0.717) is 13.0 Å². The van der Waals surface area contributed by atoms with Crippen molar-refractivity contribution in [3.63, 3.8) is 0 Å². The first-order valence-corrected chi connectivity index (χ1v) is 6.26. The summed E-state index contributed by atoms with van der Waals surface area (Å²) >= 11 is 0. The second kappa shape index (κ2) is 7.71. The average Bonchev–Trinajstić information content (AvgIpc) is 2.36. The fourth-order valence-corrected chi connectivity index (χ4v) is 1.49. The summed E-state index contributed by atoms with van der Waals surface area (Å²) in [6, 6.07) is 7.94. The summed E-state index contributed by atoms with van der Waals surface area (Å²) in [5, 5.41) is 3.26. The van der Waals surface area contributed by atoms with Crippen LogP contribution in [0.3, 0.4) is 0 Å². The molecule has 0 aliphatic carbocycles. The van der Waals surface area contributed by atoms with Gasteiger partial charge in [-0.2, -0.15) is 0 Å². The SMILES string of the molecule is CCNCc1cccc(OCCC(=O)N(C)C)c1. The molecule has 1 rings (SSSR count). The van der Waals surface area contributed by atoms with Gasteiger partial charge in [0.15, 0.2) is 0 Å². The van der Waals surface area contributed by atoms with E-state index in [0.717, 1.165) is 18.8 Å². The molecular weight excluding hydrogens is 228 g/mol. The lowest BCUT2D eigenvalue weighted by Gasteiger charge is -2.11. The van der Waals surface area contributed by atoms with Crippen molar-refractivity contribution in [3.05, 3.63) is 29.8 Å². The Morgan fingerprint density at radius 3 is 2.83 bits per heavy atom. The molecule has 0 saturated carbocycles. The first-order valence-electron chi connectivity index (χ1n) is 6.26. The molecule has 0 unspecified atom stereocenters. The number of hydrogen-bond acceptors (Lipinski definition) is 3. The lowest BCUT2D eigenvalue weighted by Crippen LogP contribution is -2.23. The molecule has 18 heavy (non-hydrogen) atoms. The van der Waals surface area contributed by atoms with Crippen LogP contribution in [0.15, 0.2) is 24.3 Å². The van der Waals surface area contributed by atoms with Gasteiger partial charge in [-0.15, -0.1) is 0 Å². The van der Waals surface area contributed by atoms with Gasteiger partial charge in [0.05, 0.1) is 13.0 Å². The van der Waals surface area contributed by atoms with Crippen LogP contribution in [0.25, 0.3) is 0 Å². The minimum absolute atomic E-state index is 0.0822. The van der Waals surface area contributed by atoms with Gasteiger partial charge in [0, 0.05) is 20.6 Å². The topological polar surface area (TPSA) is 41.6 Å². The molecule has 0 aliphatic heterocycles. The number of benzene rings is 1. The standard InChI is InChI=1S/C14H22N2O2/c1-4-15-11-12-6-5-7-13(10-12)18-9-8-14(17)16(2)3/h5-7,10,15H,4,8-9,11H2,1-3H3. The van der Waals surface area contributed by atoms with Gasteiger partial charge in [-0.1, -0.05) is 19.1 Å². The lowest BCUT2D eigenvalue weighted by molar-refractivity contribution is -0.129. The molecule has 100 valence electrons. The molecule has 1 aromatic rings. The highest BCUT2D eigenvalue weighted by molar-refractivity contribution is 5.75. The summed E-state index contributed by atoms with van der Waals surface area (Å²) < 4.78 is 5.57. The van der Waals surface area contributed by atoms with Crippen LogP contribution in [0.4, 0.5) is 0 Å². The van der Waals surface area contributed by atoms with E-state index in [1.807, 2.05) is 18.2 Å². The van der Waals surface area contributed by atoms with Gasteiger partial charge >= 0.3 is 0 Å². The second-order valence-corrected chi connectivity index (χ2v) is 4.31. The highest BCUT2D eigenvalue weighted by atomic mass is 16.5. The Kier molecular flexibility index (Phi) is 6.22. The van der Waals surface area contributed by atoms with Crippen LogP contribution in [0.2, 0.25) is 0 Å². The third kappa shape index (κ3) is 5.19. The number of nitrogens with zero attached hydrogens (tertiary/aromatic N) is 1. The number of nitrogens with one attached hydrogen (secondary N) is 1. The highest BCUT2D eigenvalue weighted by Gasteiger charge is 2.04. The Labute approximate surface area is 109 Å². The van der Waals surface area contributed by atoms with E-state index in [9.17, 15) is 4.79 Å². The minimum Gasteiger partial charge on any atom is -0.493 e. The fraction of sp³-hybridized carbons (Fsp3) is 0.500. The molecule has 0 heterocycles.